The summed E-state index contributed by atoms with van der Waals surface area (Å²) in [5.41, 5.74) is 0.981. The van der Waals surface area contributed by atoms with Crippen molar-refractivity contribution in [2.75, 3.05) is 62.2 Å². The first-order valence-corrected chi connectivity index (χ1v) is 15.5. The zero-order valence-electron chi connectivity index (χ0n) is 29.3. The number of ether oxygens (including phenoxy) is 10. The van der Waals surface area contributed by atoms with Gasteiger partial charge in [0.15, 0.2) is 29.1 Å². The lowest BCUT2D eigenvalue weighted by atomic mass is 9.93. The van der Waals surface area contributed by atoms with Crippen molar-refractivity contribution in [3.63, 3.8) is 0 Å². The molecule has 5 rings (SSSR count). The maximum atomic E-state index is 15.1. The number of anilines is 1. The molecule has 0 spiro atoms. The minimum atomic E-state index is -0.933. The minimum absolute atomic E-state index is 0.0345. The molecule has 1 heterocycles. The van der Waals surface area contributed by atoms with Gasteiger partial charge in [0.25, 0.3) is 5.91 Å². The normalized spacial score (nSPS) is 14.6. The van der Waals surface area contributed by atoms with E-state index in [0.29, 0.717) is 45.6 Å². The second kappa shape index (κ2) is 15.7. The number of rotatable bonds is 13. The van der Waals surface area contributed by atoms with Gasteiger partial charge in [-0.3, -0.25) is 4.79 Å². The van der Waals surface area contributed by atoms with E-state index in [2.05, 4.69) is 5.32 Å². The van der Waals surface area contributed by atoms with Gasteiger partial charge in [0.05, 0.1) is 68.1 Å². The van der Waals surface area contributed by atoms with E-state index in [1.807, 2.05) is 0 Å². The van der Waals surface area contributed by atoms with Crippen LogP contribution in [0.5, 0.6) is 51.7 Å². The molecule has 13 nitrogen and oxygen atoms in total. The Bertz CT molecular complexity index is 1880. The number of amides is 1. The maximum Gasteiger partial charge on any atom is 0.338 e. The van der Waals surface area contributed by atoms with Crippen LogP contribution in [0.3, 0.4) is 0 Å². The zero-order chi connectivity index (χ0) is 36.8. The fraction of sp³-hybridized carbons (Fsp3) is 0.297. The first-order valence-electron chi connectivity index (χ1n) is 15.5. The molecule has 270 valence electrons. The molecule has 1 aliphatic rings. The van der Waals surface area contributed by atoms with Gasteiger partial charge in [0.1, 0.15) is 29.2 Å². The van der Waals surface area contributed by atoms with Crippen molar-refractivity contribution in [2.45, 2.75) is 18.6 Å². The average molecular weight is 708 g/mol. The minimum Gasteiger partial charge on any atom is -0.496 e. The number of carbonyl (C=O) groups excluding carboxylic acids is 2. The Morgan fingerprint density at radius 1 is 0.667 bits per heavy atom. The number of halogens is 1. The van der Waals surface area contributed by atoms with Crippen molar-refractivity contribution in [3.8, 4) is 51.7 Å². The molecule has 0 aromatic heterocycles. The molecular formula is C37H38FNO12. The predicted octanol–water partition coefficient (Wildman–Crippen LogP) is 6.05. The molecule has 1 N–H and O–H groups in total. The molecule has 0 aliphatic carbocycles. The van der Waals surface area contributed by atoms with Gasteiger partial charge in [-0.15, -0.1) is 0 Å². The third-order valence-electron chi connectivity index (χ3n) is 8.25. The van der Waals surface area contributed by atoms with Gasteiger partial charge < -0.3 is 52.7 Å². The van der Waals surface area contributed by atoms with Crippen LogP contribution in [0.2, 0.25) is 0 Å². The largest absolute Gasteiger partial charge is 0.496 e. The molecular weight excluding hydrogens is 669 g/mol. The second-order valence-corrected chi connectivity index (χ2v) is 11.0. The van der Waals surface area contributed by atoms with Crippen molar-refractivity contribution in [1.29, 1.82) is 0 Å². The van der Waals surface area contributed by atoms with Gasteiger partial charge in [-0.1, -0.05) is 0 Å². The molecule has 51 heavy (non-hydrogen) atoms. The quantitative estimate of drug-likeness (QED) is 0.162. The van der Waals surface area contributed by atoms with Gasteiger partial charge in [-0.05, 0) is 42.5 Å². The lowest BCUT2D eigenvalue weighted by molar-refractivity contribution is -0.0188. The van der Waals surface area contributed by atoms with Crippen molar-refractivity contribution in [1.82, 2.24) is 0 Å². The molecule has 0 bridgehead atoms. The molecule has 1 amide bonds. The number of benzene rings is 4. The lowest BCUT2D eigenvalue weighted by Crippen LogP contribution is -2.35. The average Bonchev–Trinajstić information content (AvgIpc) is 3.16. The first-order chi connectivity index (χ1) is 24.6. The summed E-state index contributed by atoms with van der Waals surface area (Å²) in [6, 6.07) is 13.1. The molecule has 0 saturated heterocycles. The summed E-state index contributed by atoms with van der Waals surface area (Å²) in [5.74, 6) is 0.965. The summed E-state index contributed by atoms with van der Waals surface area (Å²) in [4.78, 5) is 27.0. The molecule has 14 heteroatoms. The molecule has 0 radical (unpaired) electrons. The Morgan fingerprint density at radius 3 is 1.76 bits per heavy atom. The number of hydrogen-bond donors (Lipinski definition) is 1. The van der Waals surface area contributed by atoms with Crippen molar-refractivity contribution in [3.05, 3.63) is 82.7 Å². The van der Waals surface area contributed by atoms with Crippen LogP contribution in [0.1, 0.15) is 37.9 Å². The molecule has 4 aromatic carbocycles. The van der Waals surface area contributed by atoms with Crippen molar-refractivity contribution >= 4 is 17.6 Å². The van der Waals surface area contributed by atoms with Crippen molar-refractivity contribution in [2.24, 2.45) is 0 Å². The molecule has 2 atom stereocenters. The van der Waals surface area contributed by atoms with Crippen LogP contribution in [0.4, 0.5) is 10.1 Å². The highest BCUT2D eigenvalue weighted by molar-refractivity contribution is 6.05. The van der Waals surface area contributed by atoms with E-state index in [-0.39, 0.29) is 40.5 Å². The molecule has 4 aromatic rings. The SMILES string of the molecule is COc1cc(OC)c2c(c1)O[C@@H](c1cc(OC)c(OC)c(OC)c1)[C@H](OC(=O)c1ccc(F)c(NC(=O)c3cc(OC)c(OC)c(OC)c3)c1)C2. The maximum absolute atomic E-state index is 15.1. The number of methoxy groups -OCH3 is 8. The standard InChI is InChI=1S/C37H38FNO12/c1-42-22-16-26(43-2)23-18-32(33(50-27(23)17-22)20-12-28(44-3)34(48-7)29(13-20)45-4)51-37(41)19-9-10-24(38)25(11-19)39-36(40)21-14-30(46-5)35(49-8)31(15-21)47-6/h9-17,32-33H,18H2,1-8H3,(H,39,40)/t32-,33+/m1/s1. The Hall–Kier alpha value is -6.05. The van der Waals surface area contributed by atoms with Crippen LogP contribution in [-0.2, 0) is 11.2 Å². The van der Waals surface area contributed by atoms with E-state index in [9.17, 15) is 9.59 Å². The second-order valence-electron chi connectivity index (χ2n) is 11.0. The molecule has 0 fully saturated rings. The fourth-order valence-electron chi connectivity index (χ4n) is 5.73. The van der Waals surface area contributed by atoms with E-state index < -0.39 is 29.9 Å². The van der Waals surface area contributed by atoms with Crippen LogP contribution in [0, 0.1) is 5.82 Å². The summed E-state index contributed by atoms with van der Waals surface area (Å²) < 4.78 is 71.3. The van der Waals surface area contributed by atoms with E-state index >= 15 is 4.39 Å². The summed E-state index contributed by atoms with van der Waals surface area (Å²) >= 11 is 0. The number of hydrogen-bond acceptors (Lipinski definition) is 12. The third-order valence-corrected chi connectivity index (χ3v) is 8.25. The zero-order valence-corrected chi connectivity index (χ0v) is 29.3. The van der Waals surface area contributed by atoms with E-state index in [4.69, 9.17) is 47.4 Å². The van der Waals surface area contributed by atoms with Gasteiger partial charge in [-0.25, -0.2) is 9.18 Å². The predicted molar refractivity (Wildman–Crippen MR) is 182 cm³/mol. The molecule has 1 aliphatic heterocycles. The van der Waals surface area contributed by atoms with Gasteiger partial charge in [0, 0.05) is 35.2 Å². The number of esters is 1. The van der Waals surface area contributed by atoms with Crippen LogP contribution in [0.25, 0.3) is 0 Å². The van der Waals surface area contributed by atoms with Gasteiger partial charge in [-0.2, -0.15) is 0 Å². The highest BCUT2D eigenvalue weighted by atomic mass is 19.1. The van der Waals surface area contributed by atoms with Crippen molar-refractivity contribution < 1.29 is 61.3 Å². The summed E-state index contributed by atoms with van der Waals surface area (Å²) in [7, 11) is 11.7. The number of carbonyl (C=O) groups is 2. The summed E-state index contributed by atoms with van der Waals surface area (Å²) in [5, 5.41) is 2.51. The topological polar surface area (TPSA) is 138 Å². The Balaban J connectivity index is 1.49. The van der Waals surface area contributed by atoms with Gasteiger partial charge >= 0.3 is 5.97 Å². The van der Waals surface area contributed by atoms with E-state index in [1.165, 1.54) is 81.1 Å². The summed E-state index contributed by atoms with van der Waals surface area (Å²) in [6.07, 6.45) is -1.65. The fourth-order valence-corrected chi connectivity index (χ4v) is 5.73. The summed E-state index contributed by atoms with van der Waals surface area (Å²) in [6.45, 7) is 0. The highest BCUT2D eigenvalue weighted by Crippen LogP contribution is 2.47. The third kappa shape index (κ3) is 7.30. The lowest BCUT2D eigenvalue weighted by Gasteiger charge is -2.34. The van der Waals surface area contributed by atoms with Crippen LogP contribution in [-0.4, -0.2) is 74.9 Å². The van der Waals surface area contributed by atoms with E-state index in [1.54, 1.807) is 24.3 Å². The molecule has 0 unspecified atom stereocenters. The Kier molecular flexibility index (Phi) is 11.1. The van der Waals surface area contributed by atoms with E-state index in [0.717, 1.165) is 6.07 Å². The first kappa shape index (κ1) is 36.2. The number of nitrogens with one attached hydrogen (secondary N) is 1. The smallest absolute Gasteiger partial charge is 0.338 e. The molecule has 0 saturated carbocycles. The van der Waals surface area contributed by atoms with Crippen LogP contribution >= 0.6 is 0 Å². The highest BCUT2D eigenvalue weighted by Gasteiger charge is 2.38. The number of fused-ring (bicyclic) bond motifs is 1. The monoisotopic (exact) mass is 707 g/mol. The van der Waals surface area contributed by atoms with Crippen LogP contribution < -0.4 is 47.9 Å². The van der Waals surface area contributed by atoms with Crippen LogP contribution in [0.15, 0.2) is 54.6 Å². The Morgan fingerprint density at radius 2 is 1.24 bits per heavy atom. The Labute approximate surface area is 294 Å². The van der Waals surface area contributed by atoms with Gasteiger partial charge in [0.2, 0.25) is 11.5 Å².